The molecule has 51 heavy (non-hydrogen) atoms. The highest BCUT2D eigenvalue weighted by atomic mass is 15.1. The van der Waals surface area contributed by atoms with Crippen molar-refractivity contribution in [3.63, 3.8) is 0 Å². The Morgan fingerprint density at radius 2 is 0.902 bits per heavy atom. The Morgan fingerprint density at radius 1 is 0.353 bits per heavy atom. The third kappa shape index (κ3) is 3.46. The molecule has 0 radical (unpaired) electrons. The topological polar surface area (TPSA) is 27.2 Å². The summed E-state index contributed by atoms with van der Waals surface area (Å²) in [6.07, 6.45) is 0. The molecule has 0 fully saturated rings. The molecule has 12 aromatic rings. The summed E-state index contributed by atoms with van der Waals surface area (Å²) in [6.45, 7) is 0. The minimum atomic E-state index is 0.969. The zero-order chi connectivity index (χ0) is 33.2. The highest BCUT2D eigenvalue weighted by Crippen LogP contribution is 2.47. The van der Waals surface area contributed by atoms with E-state index in [1.54, 1.807) is 0 Å². The van der Waals surface area contributed by atoms with E-state index >= 15 is 0 Å². The molecule has 0 amide bonds. The van der Waals surface area contributed by atoms with Crippen molar-refractivity contribution in [3.8, 4) is 22.6 Å². The number of nitrogens with zero attached hydrogens (tertiary/aromatic N) is 4. The van der Waals surface area contributed by atoms with Crippen molar-refractivity contribution in [2.24, 2.45) is 0 Å². The number of imidazole rings is 1. The number of hydrogen-bond donors (Lipinski definition) is 0. The molecule has 236 valence electrons. The fourth-order valence-corrected chi connectivity index (χ4v) is 8.95. The van der Waals surface area contributed by atoms with E-state index < -0.39 is 0 Å². The van der Waals surface area contributed by atoms with Gasteiger partial charge >= 0.3 is 0 Å². The molecule has 12 rings (SSSR count). The molecule has 4 nitrogen and oxygen atoms in total. The Balaban J connectivity index is 1.31. The maximum absolute atomic E-state index is 5.18. The Kier molecular flexibility index (Phi) is 5.20. The fourth-order valence-electron chi connectivity index (χ4n) is 8.95. The lowest BCUT2D eigenvalue weighted by Crippen LogP contribution is -1.99. The maximum atomic E-state index is 5.18. The molecular weight excluding hydrogens is 621 g/mol. The van der Waals surface area contributed by atoms with Crippen LogP contribution in [0.5, 0.6) is 0 Å². The number of para-hydroxylation sites is 3. The first kappa shape index (κ1) is 27.0. The molecule has 0 aliphatic carbocycles. The number of benzene rings is 7. The molecule has 0 atom stereocenters. The molecule has 0 aliphatic heterocycles. The van der Waals surface area contributed by atoms with Crippen LogP contribution < -0.4 is 0 Å². The zero-order valence-corrected chi connectivity index (χ0v) is 27.5. The van der Waals surface area contributed by atoms with Crippen molar-refractivity contribution in [1.29, 1.82) is 0 Å². The van der Waals surface area contributed by atoms with Crippen molar-refractivity contribution in [2.75, 3.05) is 0 Å². The smallest absolute Gasteiger partial charge is 0.138 e. The van der Waals surface area contributed by atoms with Crippen LogP contribution in [0.25, 0.3) is 104 Å². The lowest BCUT2D eigenvalue weighted by Gasteiger charge is -2.14. The predicted octanol–water partition coefficient (Wildman–Crippen LogP) is 12.1. The van der Waals surface area contributed by atoms with Crippen LogP contribution in [-0.4, -0.2) is 18.5 Å². The number of pyridine rings is 1. The van der Waals surface area contributed by atoms with Crippen LogP contribution >= 0.6 is 0 Å². The molecule has 5 heterocycles. The van der Waals surface area contributed by atoms with Crippen LogP contribution in [-0.2, 0) is 0 Å². The Bertz CT molecular complexity index is 3340. The number of rotatable bonds is 3. The number of aromatic nitrogens is 4. The van der Waals surface area contributed by atoms with Gasteiger partial charge in [0.25, 0.3) is 0 Å². The summed E-state index contributed by atoms with van der Waals surface area (Å²) in [4.78, 5) is 5.18. The van der Waals surface area contributed by atoms with Gasteiger partial charge in [0.1, 0.15) is 5.65 Å². The number of fused-ring (bicyclic) bond motifs is 13. The van der Waals surface area contributed by atoms with Gasteiger partial charge in [-0.2, -0.15) is 0 Å². The minimum absolute atomic E-state index is 0.969. The molecule has 0 unspecified atom stereocenters. The summed E-state index contributed by atoms with van der Waals surface area (Å²) in [6, 6.07) is 61.6. The van der Waals surface area contributed by atoms with Gasteiger partial charge < -0.3 is 9.13 Å². The van der Waals surface area contributed by atoms with Gasteiger partial charge in [-0.1, -0.05) is 121 Å². The van der Waals surface area contributed by atoms with Gasteiger partial charge in [-0.25, -0.2) is 4.98 Å². The molecular formula is C47H28N4. The molecule has 0 spiro atoms. The molecule has 5 aromatic heterocycles. The third-order valence-electron chi connectivity index (χ3n) is 10.9. The van der Waals surface area contributed by atoms with Gasteiger partial charge in [-0.15, -0.1) is 0 Å². The minimum Gasteiger partial charge on any atom is -0.307 e. The average Bonchev–Trinajstić information content (AvgIpc) is 3.94. The van der Waals surface area contributed by atoms with Crippen molar-refractivity contribution >= 4 is 81.8 Å². The SMILES string of the molecule is c1ccc(-c2nc3cccc4c5ccc(-n6c7ccccc7c7c8ccccc8c8c9ccccc9n(-c9ccccc9)c8c76)cc5c2n34)cc1. The van der Waals surface area contributed by atoms with Crippen molar-refractivity contribution < 1.29 is 0 Å². The first-order valence-electron chi connectivity index (χ1n) is 17.5. The molecule has 0 aliphatic rings. The van der Waals surface area contributed by atoms with Crippen molar-refractivity contribution in [1.82, 2.24) is 18.5 Å². The average molecular weight is 649 g/mol. The van der Waals surface area contributed by atoms with Crippen molar-refractivity contribution in [3.05, 3.63) is 170 Å². The summed E-state index contributed by atoms with van der Waals surface area (Å²) < 4.78 is 7.33. The second-order valence-electron chi connectivity index (χ2n) is 13.5. The standard InChI is InChI=1S/C47H28N4/c1-3-14-29(15-4-1)44-45-37-28-31(26-27-32(37)38-24-13-25-41(48-44)51(38)45)50-40-23-12-10-21-36(40)43-34-19-8-7-18-33(34)42-35-20-9-11-22-39(35)49(46(42)47(43)50)30-16-5-2-6-17-30/h1-28H. The lowest BCUT2D eigenvalue weighted by atomic mass is 9.98. The van der Waals surface area contributed by atoms with E-state index in [0.29, 0.717) is 0 Å². The quantitative estimate of drug-likeness (QED) is 0.187. The van der Waals surface area contributed by atoms with Gasteiger partial charge in [0.2, 0.25) is 0 Å². The molecule has 0 saturated heterocycles. The van der Waals surface area contributed by atoms with E-state index in [4.69, 9.17) is 4.98 Å². The largest absolute Gasteiger partial charge is 0.307 e. The van der Waals surface area contributed by atoms with Crippen LogP contribution in [0.3, 0.4) is 0 Å². The predicted molar refractivity (Wildman–Crippen MR) is 213 cm³/mol. The molecule has 7 aromatic carbocycles. The molecule has 0 bridgehead atoms. The maximum Gasteiger partial charge on any atom is 0.138 e. The second kappa shape index (κ2) is 9.84. The monoisotopic (exact) mass is 648 g/mol. The highest BCUT2D eigenvalue weighted by Gasteiger charge is 2.25. The fraction of sp³-hybridized carbons (Fsp3) is 0. The van der Waals surface area contributed by atoms with Crippen LogP contribution in [0.2, 0.25) is 0 Å². The van der Waals surface area contributed by atoms with E-state index in [0.717, 1.165) is 33.8 Å². The van der Waals surface area contributed by atoms with Gasteiger partial charge in [-0.3, -0.25) is 4.40 Å². The second-order valence-corrected chi connectivity index (χ2v) is 13.5. The summed E-state index contributed by atoms with van der Waals surface area (Å²) in [5.74, 6) is 0. The first-order valence-corrected chi connectivity index (χ1v) is 17.5. The zero-order valence-electron chi connectivity index (χ0n) is 27.5. The summed E-state index contributed by atoms with van der Waals surface area (Å²) >= 11 is 0. The van der Waals surface area contributed by atoms with E-state index in [2.05, 4.69) is 183 Å². The van der Waals surface area contributed by atoms with Gasteiger partial charge in [0.15, 0.2) is 0 Å². The van der Waals surface area contributed by atoms with Gasteiger partial charge in [0, 0.05) is 49.3 Å². The third-order valence-corrected chi connectivity index (χ3v) is 10.9. The highest BCUT2D eigenvalue weighted by molar-refractivity contribution is 6.36. The normalized spacial score (nSPS) is 12.3. The Hall–Kier alpha value is -6.91. The van der Waals surface area contributed by atoms with Gasteiger partial charge in [0.05, 0.1) is 38.8 Å². The van der Waals surface area contributed by atoms with Crippen LogP contribution in [0.1, 0.15) is 0 Å². The summed E-state index contributed by atoms with van der Waals surface area (Å²) in [5, 5.41) is 10.0. The lowest BCUT2D eigenvalue weighted by molar-refractivity contribution is 1.15. The Labute approximate surface area is 292 Å². The van der Waals surface area contributed by atoms with Crippen LogP contribution in [0.4, 0.5) is 0 Å². The Morgan fingerprint density at radius 3 is 1.57 bits per heavy atom. The van der Waals surface area contributed by atoms with E-state index in [1.165, 1.54) is 70.7 Å². The van der Waals surface area contributed by atoms with Gasteiger partial charge in [-0.05, 0) is 59.3 Å². The van der Waals surface area contributed by atoms with Crippen LogP contribution in [0, 0.1) is 0 Å². The van der Waals surface area contributed by atoms with Crippen LogP contribution in [0.15, 0.2) is 170 Å². The van der Waals surface area contributed by atoms with E-state index in [1.807, 2.05) is 0 Å². The molecule has 0 saturated carbocycles. The molecule has 4 heteroatoms. The summed E-state index contributed by atoms with van der Waals surface area (Å²) in [5.41, 5.74) is 12.5. The first-order chi connectivity index (χ1) is 25.3. The summed E-state index contributed by atoms with van der Waals surface area (Å²) in [7, 11) is 0. The molecule has 0 N–H and O–H groups in total. The number of hydrogen-bond acceptors (Lipinski definition) is 1. The van der Waals surface area contributed by atoms with E-state index in [-0.39, 0.29) is 0 Å². The van der Waals surface area contributed by atoms with E-state index in [9.17, 15) is 0 Å². The van der Waals surface area contributed by atoms with Crippen molar-refractivity contribution in [2.45, 2.75) is 0 Å².